The molecule has 0 fully saturated rings. The van der Waals surface area contributed by atoms with Crippen LogP contribution in [0.4, 0.5) is 13.2 Å². The van der Waals surface area contributed by atoms with Crippen LogP contribution in [0.2, 0.25) is 0 Å². The molecule has 0 aliphatic heterocycles. The molecule has 0 aliphatic carbocycles. The van der Waals surface area contributed by atoms with E-state index in [1.165, 1.54) is 11.5 Å². The van der Waals surface area contributed by atoms with Crippen molar-refractivity contribution in [3.63, 3.8) is 0 Å². The number of rotatable bonds is 5. The lowest BCUT2D eigenvalue weighted by molar-refractivity contribution is -0.138. The lowest BCUT2D eigenvalue weighted by atomic mass is 10.0. The van der Waals surface area contributed by atoms with Crippen molar-refractivity contribution >= 4 is 15.9 Å². The second-order valence-electron chi connectivity index (χ2n) is 8.47. The van der Waals surface area contributed by atoms with E-state index in [0.717, 1.165) is 27.2 Å². The maximum atomic E-state index is 13.8. The fourth-order valence-electron chi connectivity index (χ4n) is 3.97. The summed E-state index contributed by atoms with van der Waals surface area (Å²) in [6.07, 6.45) is -4.64. The Bertz CT molecular complexity index is 1420. The quantitative estimate of drug-likeness (QED) is 0.256. The highest BCUT2D eigenvalue weighted by Crippen LogP contribution is 2.34. The Morgan fingerprint density at radius 2 is 1.46 bits per heavy atom. The molecule has 3 aromatic carbocycles. The summed E-state index contributed by atoms with van der Waals surface area (Å²) in [5, 5.41) is 0. The molecule has 180 valence electrons. The molecule has 0 amide bonds. The van der Waals surface area contributed by atoms with E-state index in [1.54, 1.807) is 36.4 Å². The number of hydrogen-bond donors (Lipinski definition) is 0. The van der Waals surface area contributed by atoms with Crippen molar-refractivity contribution in [2.45, 2.75) is 33.5 Å². The van der Waals surface area contributed by atoms with Crippen molar-refractivity contribution in [3.05, 3.63) is 115 Å². The van der Waals surface area contributed by atoms with Crippen LogP contribution < -0.4 is 10.3 Å². The van der Waals surface area contributed by atoms with Crippen molar-refractivity contribution in [1.29, 1.82) is 0 Å². The van der Waals surface area contributed by atoms with Gasteiger partial charge in [-0.25, -0.2) is 0 Å². The van der Waals surface area contributed by atoms with Crippen LogP contribution in [0.25, 0.3) is 11.3 Å². The summed E-state index contributed by atoms with van der Waals surface area (Å²) in [7, 11) is 0. The maximum Gasteiger partial charge on any atom is 0.416 e. The summed E-state index contributed by atoms with van der Waals surface area (Å²) in [5.41, 5.74) is 1.69. The van der Waals surface area contributed by atoms with Crippen molar-refractivity contribution in [1.82, 2.24) is 4.57 Å². The first-order valence-electron chi connectivity index (χ1n) is 10.9. The number of pyridine rings is 1. The molecule has 0 radical (unpaired) electrons. The van der Waals surface area contributed by atoms with Crippen molar-refractivity contribution < 1.29 is 17.9 Å². The molecule has 4 aromatic rings. The minimum atomic E-state index is -4.64. The minimum absolute atomic E-state index is 0.163. The van der Waals surface area contributed by atoms with E-state index in [-0.39, 0.29) is 17.8 Å². The Morgan fingerprint density at radius 3 is 2.03 bits per heavy atom. The van der Waals surface area contributed by atoms with E-state index in [2.05, 4.69) is 15.9 Å². The molecule has 0 atom stereocenters. The van der Waals surface area contributed by atoms with Gasteiger partial charge in [-0.1, -0.05) is 39.7 Å². The lowest BCUT2D eigenvalue weighted by Gasteiger charge is -2.19. The Hall–Kier alpha value is -3.32. The van der Waals surface area contributed by atoms with Crippen molar-refractivity contribution in [2.75, 3.05) is 0 Å². The molecule has 4 rings (SSSR count). The van der Waals surface area contributed by atoms with E-state index in [0.29, 0.717) is 17.1 Å². The zero-order valence-corrected chi connectivity index (χ0v) is 21.0. The topological polar surface area (TPSA) is 31.2 Å². The smallest absolute Gasteiger partial charge is 0.416 e. The van der Waals surface area contributed by atoms with E-state index >= 15 is 0 Å². The summed E-state index contributed by atoms with van der Waals surface area (Å²) in [4.78, 5) is 13.2. The van der Waals surface area contributed by atoms with Crippen LogP contribution in [-0.2, 0) is 12.7 Å². The van der Waals surface area contributed by atoms with E-state index in [9.17, 15) is 18.0 Å². The van der Waals surface area contributed by atoms with Gasteiger partial charge in [0, 0.05) is 10.0 Å². The molecule has 1 heterocycles. The lowest BCUT2D eigenvalue weighted by Crippen LogP contribution is -2.28. The summed E-state index contributed by atoms with van der Waals surface area (Å²) in [6.45, 7) is 5.28. The third-order valence-electron chi connectivity index (χ3n) is 5.87. The molecule has 0 spiro atoms. The molecular formula is C28H23BrF3NO2. The number of nitrogens with zero attached hydrogens (tertiary/aromatic N) is 1. The Kier molecular flexibility index (Phi) is 6.90. The zero-order valence-electron chi connectivity index (χ0n) is 19.4. The van der Waals surface area contributed by atoms with Gasteiger partial charge >= 0.3 is 6.18 Å². The van der Waals surface area contributed by atoms with Crippen molar-refractivity contribution in [2.24, 2.45) is 0 Å². The summed E-state index contributed by atoms with van der Waals surface area (Å²) in [5.74, 6) is 1.16. The number of alkyl halides is 3. The van der Waals surface area contributed by atoms with E-state index < -0.39 is 17.3 Å². The van der Waals surface area contributed by atoms with Gasteiger partial charge in [-0.2, -0.15) is 13.2 Å². The Balaban J connectivity index is 1.79. The molecular weight excluding hydrogens is 519 g/mol. The van der Waals surface area contributed by atoms with Crippen LogP contribution in [0.1, 0.15) is 27.8 Å². The van der Waals surface area contributed by atoms with Gasteiger partial charge in [-0.3, -0.25) is 4.79 Å². The number of halogens is 4. The highest BCUT2D eigenvalue weighted by atomic mass is 79.9. The molecule has 0 N–H and O–H groups in total. The molecule has 1 aromatic heterocycles. The fraction of sp³-hybridized carbons (Fsp3) is 0.179. The molecule has 35 heavy (non-hydrogen) atoms. The molecule has 0 aliphatic rings. The SMILES string of the molecule is Cc1ccc(Cn2c(-c3ccc(Oc4ccc(Br)cc4)cc3)cc(C(F)(F)F)c(C)c2=O)c(C)c1. The average Bonchev–Trinajstić information content (AvgIpc) is 2.80. The van der Waals surface area contributed by atoms with Gasteiger partial charge in [-0.15, -0.1) is 0 Å². The molecule has 7 heteroatoms. The standard InChI is InChI=1S/C28H23BrF3NO2/c1-17-4-5-21(18(2)14-17)16-33-26(15-25(28(30,31)32)19(3)27(33)34)20-6-10-23(11-7-20)35-24-12-8-22(29)9-13-24/h4-15H,16H2,1-3H3. The van der Waals surface area contributed by atoms with Gasteiger partial charge in [0.1, 0.15) is 11.5 Å². The third kappa shape index (κ3) is 5.51. The van der Waals surface area contributed by atoms with Gasteiger partial charge < -0.3 is 9.30 Å². The largest absolute Gasteiger partial charge is 0.457 e. The van der Waals surface area contributed by atoms with Crippen LogP contribution in [0.5, 0.6) is 11.5 Å². The fourth-order valence-corrected chi connectivity index (χ4v) is 4.23. The van der Waals surface area contributed by atoms with Crippen LogP contribution in [0.3, 0.4) is 0 Å². The van der Waals surface area contributed by atoms with E-state index in [1.807, 2.05) is 44.2 Å². The Morgan fingerprint density at radius 1 is 0.857 bits per heavy atom. The molecule has 0 bridgehead atoms. The average molecular weight is 542 g/mol. The molecule has 0 unspecified atom stereocenters. The van der Waals surface area contributed by atoms with Crippen LogP contribution >= 0.6 is 15.9 Å². The maximum absolute atomic E-state index is 13.8. The first-order chi connectivity index (χ1) is 16.5. The number of aromatic nitrogens is 1. The zero-order chi connectivity index (χ0) is 25.3. The first-order valence-corrected chi connectivity index (χ1v) is 11.7. The second-order valence-corrected chi connectivity index (χ2v) is 9.38. The molecule has 3 nitrogen and oxygen atoms in total. The van der Waals surface area contributed by atoms with E-state index in [4.69, 9.17) is 4.74 Å². The number of benzene rings is 3. The van der Waals surface area contributed by atoms with Crippen LogP contribution in [0, 0.1) is 20.8 Å². The number of ether oxygens (including phenoxy) is 1. The third-order valence-corrected chi connectivity index (χ3v) is 6.40. The van der Waals surface area contributed by atoms with Gasteiger partial charge in [-0.05, 0) is 92.1 Å². The van der Waals surface area contributed by atoms with Gasteiger partial charge in [0.15, 0.2) is 0 Å². The highest BCUT2D eigenvalue weighted by Gasteiger charge is 2.35. The molecule has 0 saturated heterocycles. The Labute approximate surface area is 209 Å². The van der Waals surface area contributed by atoms with Gasteiger partial charge in [0.05, 0.1) is 17.8 Å². The highest BCUT2D eigenvalue weighted by molar-refractivity contribution is 9.10. The van der Waals surface area contributed by atoms with Crippen LogP contribution in [-0.4, -0.2) is 4.57 Å². The normalized spacial score (nSPS) is 11.5. The predicted octanol–water partition coefficient (Wildman–Crippen LogP) is 8.06. The first kappa shape index (κ1) is 24.8. The summed E-state index contributed by atoms with van der Waals surface area (Å²) < 4.78 is 49.4. The van der Waals surface area contributed by atoms with Gasteiger partial charge in [0.25, 0.3) is 5.56 Å². The van der Waals surface area contributed by atoms with Crippen molar-refractivity contribution in [3.8, 4) is 22.8 Å². The van der Waals surface area contributed by atoms with Crippen LogP contribution in [0.15, 0.2) is 82.1 Å². The van der Waals surface area contributed by atoms with Gasteiger partial charge in [0.2, 0.25) is 0 Å². The number of hydrogen-bond acceptors (Lipinski definition) is 2. The monoisotopic (exact) mass is 541 g/mol. The molecule has 0 saturated carbocycles. The summed E-state index contributed by atoms with van der Waals surface area (Å²) in [6, 6.07) is 20.9. The predicted molar refractivity (Wildman–Crippen MR) is 135 cm³/mol. The number of aryl methyl sites for hydroxylation is 2. The summed E-state index contributed by atoms with van der Waals surface area (Å²) >= 11 is 3.37. The second kappa shape index (κ2) is 9.74. The minimum Gasteiger partial charge on any atom is -0.457 e.